The zero-order valence-electron chi connectivity index (χ0n) is 10.3. The molecule has 0 bridgehead atoms. The molecule has 1 aromatic carbocycles. The van der Waals surface area contributed by atoms with Crippen molar-refractivity contribution in [2.75, 3.05) is 0 Å². The van der Waals surface area contributed by atoms with E-state index >= 15 is 0 Å². The lowest BCUT2D eigenvalue weighted by Crippen LogP contribution is -2.17. The van der Waals surface area contributed by atoms with E-state index < -0.39 is 18.2 Å². The van der Waals surface area contributed by atoms with Gasteiger partial charge in [-0.3, -0.25) is 4.89 Å². The number of benzene rings is 1. The zero-order chi connectivity index (χ0) is 12.8. The van der Waals surface area contributed by atoms with Crippen LogP contribution < -0.4 is 0 Å². The van der Waals surface area contributed by atoms with Gasteiger partial charge in [0.25, 0.3) is 0 Å². The molecule has 0 saturated heterocycles. The maximum Gasteiger partial charge on any atom is 0.349 e. The Labute approximate surface area is 101 Å². The standard InChI is InChI=1S/C13H18O4/c1-4-11-6-5-7-12(8-11)9(2)13(15)17-16-10(3)14/h5-10,14H,4H2,1-3H3. The summed E-state index contributed by atoms with van der Waals surface area (Å²) in [5, 5.41) is 8.84. The van der Waals surface area contributed by atoms with Gasteiger partial charge >= 0.3 is 5.97 Å². The average Bonchev–Trinajstić information content (AvgIpc) is 2.35. The Morgan fingerprint density at radius 3 is 2.71 bits per heavy atom. The smallest absolute Gasteiger partial charge is 0.349 e. The van der Waals surface area contributed by atoms with Gasteiger partial charge in [0.05, 0.1) is 5.92 Å². The van der Waals surface area contributed by atoms with E-state index in [1.807, 2.05) is 24.3 Å². The summed E-state index contributed by atoms with van der Waals surface area (Å²) in [4.78, 5) is 20.5. The molecule has 0 spiro atoms. The third-order valence-electron chi connectivity index (χ3n) is 2.48. The maximum absolute atomic E-state index is 11.6. The van der Waals surface area contributed by atoms with Gasteiger partial charge in [-0.15, -0.1) is 0 Å². The van der Waals surface area contributed by atoms with Crippen molar-refractivity contribution in [1.82, 2.24) is 0 Å². The van der Waals surface area contributed by atoms with Crippen molar-refractivity contribution in [3.05, 3.63) is 35.4 Å². The summed E-state index contributed by atoms with van der Waals surface area (Å²) in [6.07, 6.45) is -0.201. The second kappa shape index (κ2) is 6.37. The van der Waals surface area contributed by atoms with E-state index in [9.17, 15) is 4.79 Å². The highest BCUT2D eigenvalue weighted by Gasteiger charge is 2.18. The summed E-state index contributed by atoms with van der Waals surface area (Å²) >= 11 is 0. The average molecular weight is 238 g/mol. The minimum absolute atomic E-state index is 0.416. The Balaban J connectivity index is 2.67. The van der Waals surface area contributed by atoms with Gasteiger partial charge in [0.15, 0.2) is 6.29 Å². The van der Waals surface area contributed by atoms with Crippen molar-refractivity contribution in [2.24, 2.45) is 0 Å². The normalized spacial score (nSPS) is 14.1. The molecule has 0 heterocycles. The van der Waals surface area contributed by atoms with Crippen LogP contribution in [0, 0.1) is 0 Å². The topological polar surface area (TPSA) is 55.8 Å². The molecule has 2 unspecified atom stereocenters. The number of carbonyl (C=O) groups excluding carboxylic acids is 1. The van der Waals surface area contributed by atoms with Crippen molar-refractivity contribution in [2.45, 2.75) is 39.4 Å². The first kappa shape index (κ1) is 13.7. The zero-order valence-corrected chi connectivity index (χ0v) is 10.3. The molecule has 0 amide bonds. The SMILES string of the molecule is CCc1cccc(C(C)C(=O)OOC(C)O)c1. The Bertz CT molecular complexity index is 373. The van der Waals surface area contributed by atoms with Crippen LogP contribution in [0.15, 0.2) is 24.3 Å². The van der Waals surface area contributed by atoms with Crippen molar-refractivity contribution in [3.63, 3.8) is 0 Å². The highest BCUT2D eigenvalue weighted by Crippen LogP contribution is 2.18. The van der Waals surface area contributed by atoms with Crippen molar-refractivity contribution >= 4 is 5.97 Å². The molecule has 0 aliphatic carbocycles. The van der Waals surface area contributed by atoms with Crippen LogP contribution in [0.1, 0.15) is 37.8 Å². The predicted molar refractivity (Wildman–Crippen MR) is 63.1 cm³/mol. The van der Waals surface area contributed by atoms with Gasteiger partial charge in [-0.1, -0.05) is 31.2 Å². The largest absolute Gasteiger partial charge is 0.365 e. The van der Waals surface area contributed by atoms with E-state index in [2.05, 4.69) is 16.7 Å². The molecular weight excluding hydrogens is 220 g/mol. The van der Waals surface area contributed by atoms with E-state index in [1.165, 1.54) is 12.5 Å². The van der Waals surface area contributed by atoms with Gasteiger partial charge in [0.1, 0.15) is 0 Å². The molecule has 1 aromatic rings. The second-order valence-electron chi connectivity index (χ2n) is 3.92. The summed E-state index contributed by atoms with van der Waals surface area (Å²) < 4.78 is 0. The number of rotatable bonds is 5. The van der Waals surface area contributed by atoms with Crippen molar-refractivity contribution in [3.8, 4) is 0 Å². The molecule has 0 fully saturated rings. The van der Waals surface area contributed by atoms with Gasteiger partial charge in [-0.25, -0.2) is 4.79 Å². The number of carbonyl (C=O) groups is 1. The fourth-order valence-electron chi connectivity index (χ4n) is 1.41. The number of aryl methyl sites for hydroxylation is 1. The van der Waals surface area contributed by atoms with Crippen molar-refractivity contribution in [1.29, 1.82) is 0 Å². The second-order valence-corrected chi connectivity index (χ2v) is 3.92. The molecule has 4 nitrogen and oxygen atoms in total. The van der Waals surface area contributed by atoms with Crippen LogP contribution in [0.4, 0.5) is 0 Å². The van der Waals surface area contributed by atoms with Crippen LogP contribution >= 0.6 is 0 Å². The van der Waals surface area contributed by atoms with Crippen LogP contribution in [0.2, 0.25) is 0 Å². The predicted octanol–water partition coefficient (Wildman–Crippen LogP) is 2.17. The summed E-state index contributed by atoms with van der Waals surface area (Å²) in [6.45, 7) is 5.16. The lowest BCUT2D eigenvalue weighted by Gasteiger charge is -2.12. The number of aliphatic hydroxyl groups is 1. The quantitative estimate of drug-likeness (QED) is 0.485. The van der Waals surface area contributed by atoms with Gasteiger partial charge in [-0.2, -0.15) is 4.89 Å². The van der Waals surface area contributed by atoms with E-state index in [0.717, 1.165) is 12.0 Å². The summed E-state index contributed by atoms with van der Waals surface area (Å²) in [5.74, 6) is -0.931. The minimum Gasteiger partial charge on any atom is -0.365 e. The first-order valence-electron chi connectivity index (χ1n) is 5.68. The highest BCUT2D eigenvalue weighted by atomic mass is 17.2. The first-order chi connectivity index (χ1) is 8.04. The van der Waals surface area contributed by atoms with Gasteiger partial charge in [-0.05, 0) is 31.4 Å². The fraction of sp³-hybridized carbons (Fsp3) is 0.462. The molecule has 0 aromatic heterocycles. The summed E-state index contributed by atoms with van der Waals surface area (Å²) in [7, 11) is 0. The van der Waals surface area contributed by atoms with E-state index in [4.69, 9.17) is 5.11 Å². The molecule has 1 rings (SSSR count). The highest BCUT2D eigenvalue weighted by molar-refractivity contribution is 5.77. The third kappa shape index (κ3) is 4.17. The monoisotopic (exact) mass is 238 g/mol. The summed E-state index contributed by atoms with van der Waals surface area (Å²) in [6, 6.07) is 7.75. The Hall–Kier alpha value is -1.39. The fourth-order valence-corrected chi connectivity index (χ4v) is 1.41. The minimum atomic E-state index is -1.12. The molecule has 2 atom stereocenters. The Morgan fingerprint density at radius 1 is 1.41 bits per heavy atom. The van der Waals surface area contributed by atoms with Gasteiger partial charge in [0.2, 0.25) is 0 Å². The molecular formula is C13H18O4. The van der Waals surface area contributed by atoms with Gasteiger partial charge < -0.3 is 5.11 Å². The van der Waals surface area contributed by atoms with Crippen LogP contribution in [-0.2, 0) is 21.0 Å². The maximum atomic E-state index is 11.6. The lowest BCUT2D eigenvalue weighted by molar-refractivity contribution is -0.337. The number of aliphatic hydroxyl groups excluding tert-OH is 1. The molecule has 0 saturated carbocycles. The number of hydrogen-bond donors (Lipinski definition) is 1. The molecule has 0 radical (unpaired) electrons. The Morgan fingerprint density at radius 2 is 2.12 bits per heavy atom. The molecule has 4 heteroatoms. The molecule has 17 heavy (non-hydrogen) atoms. The molecule has 1 N–H and O–H groups in total. The van der Waals surface area contributed by atoms with Crippen LogP contribution in [-0.4, -0.2) is 17.4 Å². The van der Waals surface area contributed by atoms with Crippen LogP contribution in [0.5, 0.6) is 0 Å². The van der Waals surface area contributed by atoms with Gasteiger partial charge in [0, 0.05) is 0 Å². The summed E-state index contributed by atoms with van der Waals surface area (Å²) in [5.41, 5.74) is 2.04. The van der Waals surface area contributed by atoms with E-state index in [0.29, 0.717) is 0 Å². The van der Waals surface area contributed by atoms with E-state index in [-0.39, 0.29) is 0 Å². The lowest BCUT2D eigenvalue weighted by atomic mass is 9.98. The Kier molecular flexibility index (Phi) is 5.12. The number of hydrogen-bond acceptors (Lipinski definition) is 4. The van der Waals surface area contributed by atoms with Crippen LogP contribution in [0.3, 0.4) is 0 Å². The van der Waals surface area contributed by atoms with Crippen molar-refractivity contribution < 1.29 is 19.7 Å². The molecule has 0 aliphatic rings. The molecule has 0 aliphatic heterocycles. The van der Waals surface area contributed by atoms with Crippen LogP contribution in [0.25, 0.3) is 0 Å². The van der Waals surface area contributed by atoms with E-state index in [1.54, 1.807) is 6.92 Å². The third-order valence-corrected chi connectivity index (χ3v) is 2.48. The first-order valence-corrected chi connectivity index (χ1v) is 5.68. The molecule has 94 valence electrons.